The summed E-state index contributed by atoms with van der Waals surface area (Å²) < 4.78 is 1.90. The van der Waals surface area contributed by atoms with Gasteiger partial charge in [-0.25, -0.2) is 0 Å². The van der Waals surface area contributed by atoms with Crippen molar-refractivity contribution in [3.63, 3.8) is 0 Å². The van der Waals surface area contributed by atoms with E-state index in [-0.39, 0.29) is 11.9 Å². The van der Waals surface area contributed by atoms with Crippen LogP contribution >= 0.6 is 11.8 Å². The number of amides is 1. The van der Waals surface area contributed by atoms with Crippen molar-refractivity contribution in [2.75, 3.05) is 18.5 Å². The predicted octanol–water partition coefficient (Wildman–Crippen LogP) is 2.13. The largest absolute Gasteiger partial charge is 0.397 e. The van der Waals surface area contributed by atoms with Gasteiger partial charge < -0.3 is 15.6 Å². The summed E-state index contributed by atoms with van der Waals surface area (Å²) in [6, 6.07) is 1.95. The van der Waals surface area contributed by atoms with Gasteiger partial charge in [-0.3, -0.25) is 4.79 Å². The molecule has 1 heterocycles. The van der Waals surface area contributed by atoms with Crippen molar-refractivity contribution < 1.29 is 4.79 Å². The third-order valence-electron chi connectivity index (χ3n) is 2.61. The highest BCUT2D eigenvalue weighted by Gasteiger charge is 2.14. The maximum Gasteiger partial charge on any atom is 0.268 e. The van der Waals surface area contributed by atoms with Crippen LogP contribution in [0.2, 0.25) is 0 Å². The van der Waals surface area contributed by atoms with Crippen molar-refractivity contribution in [1.29, 1.82) is 0 Å². The highest BCUT2D eigenvalue weighted by atomic mass is 32.2. The van der Waals surface area contributed by atoms with Gasteiger partial charge in [-0.1, -0.05) is 6.92 Å². The maximum atomic E-state index is 12.0. The fraction of sp³-hybridized carbons (Fsp3) is 0.583. The smallest absolute Gasteiger partial charge is 0.268 e. The van der Waals surface area contributed by atoms with Crippen LogP contribution in [0.5, 0.6) is 0 Å². The monoisotopic (exact) mass is 255 g/mol. The number of anilines is 1. The van der Waals surface area contributed by atoms with E-state index < -0.39 is 0 Å². The molecule has 17 heavy (non-hydrogen) atoms. The fourth-order valence-electron chi connectivity index (χ4n) is 1.52. The average molecular weight is 255 g/mol. The summed E-state index contributed by atoms with van der Waals surface area (Å²) in [5, 5.41) is 3.34. The lowest BCUT2D eigenvalue weighted by Gasteiger charge is -2.14. The summed E-state index contributed by atoms with van der Waals surface area (Å²) in [7, 11) is 0. The second kappa shape index (κ2) is 6.00. The third-order valence-corrected chi connectivity index (χ3v) is 3.58. The molecule has 0 radical (unpaired) electrons. The van der Waals surface area contributed by atoms with Crippen LogP contribution in [0, 0.1) is 0 Å². The van der Waals surface area contributed by atoms with Gasteiger partial charge in [0.1, 0.15) is 5.69 Å². The van der Waals surface area contributed by atoms with E-state index in [1.807, 2.05) is 24.7 Å². The van der Waals surface area contributed by atoms with Crippen LogP contribution in [0.25, 0.3) is 0 Å². The van der Waals surface area contributed by atoms with E-state index in [4.69, 9.17) is 5.73 Å². The third kappa shape index (κ3) is 3.70. The van der Waals surface area contributed by atoms with Crippen LogP contribution in [0.1, 0.15) is 37.3 Å². The van der Waals surface area contributed by atoms with Crippen molar-refractivity contribution in [1.82, 2.24) is 9.88 Å². The molecule has 4 nitrogen and oxygen atoms in total. The molecule has 0 aliphatic rings. The molecule has 5 heteroatoms. The molecule has 1 rings (SSSR count). The second-order valence-corrected chi connectivity index (χ2v) is 5.69. The molecule has 3 N–H and O–H groups in total. The van der Waals surface area contributed by atoms with E-state index in [2.05, 4.69) is 12.2 Å². The number of aromatic nitrogens is 1. The van der Waals surface area contributed by atoms with Gasteiger partial charge in [0.05, 0.1) is 5.69 Å². The van der Waals surface area contributed by atoms with Crippen LogP contribution in [-0.4, -0.2) is 28.5 Å². The van der Waals surface area contributed by atoms with Crippen molar-refractivity contribution in [2.45, 2.75) is 32.1 Å². The number of carbonyl (C=O) groups is 1. The Hall–Kier alpha value is -1.10. The van der Waals surface area contributed by atoms with Crippen LogP contribution in [0.15, 0.2) is 12.3 Å². The SMILES string of the molecule is CSC(C)CNC(=O)c1cc(N)cn1C(C)C. The fourth-order valence-corrected chi connectivity index (χ4v) is 1.77. The second-order valence-electron chi connectivity index (χ2n) is 4.42. The highest BCUT2D eigenvalue weighted by molar-refractivity contribution is 7.99. The van der Waals surface area contributed by atoms with Crippen LogP contribution in [0.4, 0.5) is 5.69 Å². The summed E-state index contributed by atoms with van der Waals surface area (Å²) in [4.78, 5) is 12.0. The molecule has 1 amide bonds. The number of hydrogen-bond acceptors (Lipinski definition) is 3. The number of nitrogens with zero attached hydrogens (tertiary/aromatic N) is 1. The van der Waals surface area contributed by atoms with Gasteiger partial charge in [-0.15, -0.1) is 0 Å². The van der Waals surface area contributed by atoms with Gasteiger partial charge in [-0.2, -0.15) is 11.8 Å². The average Bonchev–Trinajstić information content (AvgIpc) is 2.67. The van der Waals surface area contributed by atoms with Crippen molar-refractivity contribution >= 4 is 23.4 Å². The van der Waals surface area contributed by atoms with Crippen molar-refractivity contribution in [3.8, 4) is 0 Å². The number of nitrogen functional groups attached to an aromatic ring is 1. The molecule has 1 atom stereocenters. The van der Waals surface area contributed by atoms with Crippen LogP contribution in [-0.2, 0) is 0 Å². The topological polar surface area (TPSA) is 60.1 Å². The normalized spacial score (nSPS) is 12.8. The summed E-state index contributed by atoms with van der Waals surface area (Å²) >= 11 is 1.73. The zero-order chi connectivity index (χ0) is 13.0. The number of carbonyl (C=O) groups excluding carboxylic acids is 1. The van der Waals surface area contributed by atoms with Gasteiger partial charge in [0.25, 0.3) is 5.91 Å². The van der Waals surface area contributed by atoms with Gasteiger partial charge >= 0.3 is 0 Å². The molecule has 0 fully saturated rings. The van der Waals surface area contributed by atoms with Gasteiger partial charge in [0.2, 0.25) is 0 Å². The van der Waals surface area contributed by atoms with E-state index >= 15 is 0 Å². The molecule has 1 aromatic heterocycles. The number of nitrogens with one attached hydrogen (secondary N) is 1. The van der Waals surface area contributed by atoms with Crippen LogP contribution < -0.4 is 11.1 Å². The van der Waals surface area contributed by atoms with E-state index in [0.717, 1.165) is 0 Å². The summed E-state index contributed by atoms with van der Waals surface area (Å²) in [6.45, 7) is 6.81. The van der Waals surface area contributed by atoms with Crippen molar-refractivity contribution in [2.24, 2.45) is 0 Å². The Balaban J connectivity index is 2.74. The first kappa shape index (κ1) is 14.0. The van der Waals surface area contributed by atoms with Crippen molar-refractivity contribution in [3.05, 3.63) is 18.0 Å². The van der Waals surface area contributed by atoms with E-state index in [9.17, 15) is 4.79 Å². The minimum absolute atomic E-state index is 0.0590. The number of thioether (sulfide) groups is 1. The molecule has 96 valence electrons. The molecule has 1 aromatic rings. The van der Waals surface area contributed by atoms with E-state index in [1.165, 1.54) is 0 Å². The first-order chi connectivity index (χ1) is 7.95. The first-order valence-electron chi connectivity index (χ1n) is 5.74. The Kier molecular flexibility index (Phi) is 4.93. The standard InChI is InChI=1S/C12H21N3OS/c1-8(2)15-7-10(13)5-11(15)12(16)14-6-9(3)17-4/h5,7-9H,6,13H2,1-4H3,(H,14,16). The van der Waals surface area contributed by atoms with E-state index in [1.54, 1.807) is 24.0 Å². The molecule has 1 unspecified atom stereocenters. The Morgan fingerprint density at radius 1 is 1.53 bits per heavy atom. The molecule has 0 spiro atoms. The number of rotatable bonds is 5. The molecule has 0 saturated heterocycles. The first-order valence-corrected chi connectivity index (χ1v) is 7.02. The van der Waals surface area contributed by atoms with Gasteiger partial charge in [-0.05, 0) is 26.2 Å². The minimum Gasteiger partial charge on any atom is -0.397 e. The molecule has 0 bridgehead atoms. The Morgan fingerprint density at radius 3 is 2.71 bits per heavy atom. The number of nitrogens with two attached hydrogens (primary N) is 1. The molecule has 0 aliphatic heterocycles. The summed E-state index contributed by atoms with van der Waals surface area (Å²) in [5.74, 6) is -0.0590. The maximum absolute atomic E-state index is 12.0. The van der Waals surface area contributed by atoms with Gasteiger partial charge in [0, 0.05) is 24.0 Å². The lowest BCUT2D eigenvalue weighted by Crippen LogP contribution is -2.31. The summed E-state index contributed by atoms with van der Waals surface area (Å²) in [6.07, 6.45) is 3.84. The lowest BCUT2D eigenvalue weighted by atomic mass is 10.3. The van der Waals surface area contributed by atoms with Gasteiger partial charge in [0.15, 0.2) is 0 Å². The zero-order valence-electron chi connectivity index (χ0n) is 10.9. The quantitative estimate of drug-likeness (QED) is 0.847. The zero-order valence-corrected chi connectivity index (χ0v) is 11.7. The minimum atomic E-state index is -0.0590. The number of hydrogen-bond donors (Lipinski definition) is 2. The Labute approximate surface area is 107 Å². The molecule has 0 aliphatic carbocycles. The molecule has 0 aromatic carbocycles. The van der Waals surface area contributed by atoms with E-state index in [0.29, 0.717) is 23.2 Å². The highest BCUT2D eigenvalue weighted by Crippen LogP contribution is 2.16. The Bertz CT molecular complexity index is 387. The summed E-state index contributed by atoms with van der Waals surface area (Å²) in [5.41, 5.74) is 6.99. The van der Waals surface area contributed by atoms with Crippen LogP contribution in [0.3, 0.4) is 0 Å². The Morgan fingerprint density at radius 2 is 2.18 bits per heavy atom. The molecular weight excluding hydrogens is 234 g/mol. The predicted molar refractivity (Wildman–Crippen MR) is 74.5 cm³/mol. The molecular formula is C12H21N3OS. The lowest BCUT2D eigenvalue weighted by molar-refractivity contribution is 0.0943. The molecule has 0 saturated carbocycles.